The van der Waals surface area contributed by atoms with Crippen LogP contribution in [0, 0.1) is 0 Å². The van der Waals surface area contributed by atoms with E-state index in [-0.39, 0.29) is 24.4 Å². The van der Waals surface area contributed by atoms with Gasteiger partial charge < -0.3 is 15.0 Å². The van der Waals surface area contributed by atoms with E-state index in [1.54, 1.807) is 12.0 Å². The second-order valence-electron chi connectivity index (χ2n) is 5.26. The summed E-state index contributed by atoms with van der Waals surface area (Å²) in [5.74, 6) is 0.557. The van der Waals surface area contributed by atoms with Crippen molar-refractivity contribution in [1.82, 2.24) is 10.2 Å². The highest BCUT2D eigenvalue weighted by Crippen LogP contribution is 2.13. The quantitative estimate of drug-likeness (QED) is 0.830. The molecule has 2 amide bonds. The van der Waals surface area contributed by atoms with Crippen molar-refractivity contribution in [3.05, 3.63) is 29.8 Å². The van der Waals surface area contributed by atoms with Gasteiger partial charge in [-0.2, -0.15) is 0 Å². The third-order valence-corrected chi connectivity index (χ3v) is 3.03. The average molecular weight is 292 g/mol. The van der Waals surface area contributed by atoms with Gasteiger partial charge in [0, 0.05) is 19.5 Å². The van der Waals surface area contributed by atoms with E-state index in [2.05, 4.69) is 5.32 Å². The predicted octanol–water partition coefficient (Wildman–Crippen LogP) is 1.61. The first-order valence-corrected chi connectivity index (χ1v) is 7.10. The Morgan fingerprint density at radius 1 is 1.33 bits per heavy atom. The van der Waals surface area contributed by atoms with E-state index < -0.39 is 0 Å². The number of benzene rings is 1. The molecule has 21 heavy (non-hydrogen) atoms. The number of hydrogen-bond donors (Lipinski definition) is 1. The van der Waals surface area contributed by atoms with Gasteiger partial charge in [0.15, 0.2) is 0 Å². The Morgan fingerprint density at radius 3 is 2.62 bits per heavy atom. The number of rotatable bonds is 7. The maximum atomic E-state index is 11.8. The van der Waals surface area contributed by atoms with Crippen molar-refractivity contribution < 1.29 is 14.3 Å². The fourth-order valence-corrected chi connectivity index (χ4v) is 1.98. The summed E-state index contributed by atoms with van der Waals surface area (Å²) in [7, 11) is 1.62. The molecule has 0 fully saturated rings. The van der Waals surface area contributed by atoms with Crippen molar-refractivity contribution >= 4 is 11.8 Å². The van der Waals surface area contributed by atoms with Crippen LogP contribution in [-0.4, -0.2) is 43.0 Å². The van der Waals surface area contributed by atoms with E-state index in [4.69, 9.17) is 4.74 Å². The van der Waals surface area contributed by atoms with Crippen LogP contribution in [0.3, 0.4) is 0 Å². The molecule has 1 aromatic carbocycles. The van der Waals surface area contributed by atoms with Crippen molar-refractivity contribution in [3.8, 4) is 5.75 Å². The van der Waals surface area contributed by atoms with Gasteiger partial charge in [-0.25, -0.2) is 0 Å². The molecule has 0 atom stereocenters. The molecule has 0 aromatic heterocycles. The summed E-state index contributed by atoms with van der Waals surface area (Å²) >= 11 is 0. The summed E-state index contributed by atoms with van der Waals surface area (Å²) in [4.78, 5) is 24.9. The van der Waals surface area contributed by atoms with Crippen molar-refractivity contribution in [2.24, 2.45) is 0 Å². The molecule has 0 radical (unpaired) electrons. The topological polar surface area (TPSA) is 58.6 Å². The molecular weight excluding hydrogens is 268 g/mol. The highest BCUT2D eigenvalue weighted by Gasteiger charge is 2.14. The third-order valence-electron chi connectivity index (χ3n) is 3.03. The zero-order chi connectivity index (χ0) is 15.8. The monoisotopic (exact) mass is 292 g/mol. The van der Waals surface area contributed by atoms with Gasteiger partial charge in [0.2, 0.25) is 11.8 Å². The standard InChI is InChI=1S/C16H24N2O3/c1-12(2)17-16(20)11-18(13(3)19)9-8-14-6-5-7-15(10-14)21-4/h5-7,10,12H,8-9,11H2,1-4H3,(H,17,20). The SMILES string of the molecule is COc1cccc(CCN(CC(=O)NC(C)C)C(C)=O)c1. The van der Waals surface area contributed by atoms with Gasteiger partial charge in [-0.1, -0.05) is 12.1 Å². The highest BCUT2D eigenvalue weighted by atomic mass is 16.5. The Bertz CT molecular complexity index is 486. The van der Waals surface area contributed by atoms with Crippen molar-refractivity contribution in [1.29, 1.82) is 0 Å². The van der Waals surface area contributed by atoms with Crippen LogP contribution in [0.5, 0.6) is 5.75 Å². The fraction of sp³-hybridized carbons (Fsp3) is 0.500. The Balaban J connectivity index is 2.58. The van der Waals surface area contributed by atoms with Crippen LogP contribution in [0.2, 0.25) is 0 Å². The largest absolute Gasteiger partial charge is 0.497 e. The zero-order valence-corrected chi connectivity index (χ0v) is 13.2. The van der Waals surface area contributed by atoms with E-state index in [1.165, 1.54) is 6.92 Å². The molecule has 0 bridgehead atoms. The van der Waals surface area contributed by atoms with Gasteiger partial charge in [-0.15, -0.1) is 0 Å². The van der Waals surface area contributed by atoms with E-state index in [0.717, 1.165) is 11.3 Å². The minimum Gasteiger partial charge on any atom is -0.497 e. The zero-order valence-electron chi connectivity index (χ0n) is 13.2. The van der Waals surface area contributed by atoms with Crippen LogP contribution in [0.15, 0.2) is 24.3 Å². The van der Waals surface area contributed by atoms with Gasteiger partial charge in [-0.05, 0) is 38.0 Å². The Labute approximate surface area is 126 Å². The van der Waals surface area contributed by atoms with Gasteiger partial charge in [0.1, 0.15) is 5.75 Å². The molecule has 0 heterocycles. The van der Waals surface area contributed by atoms with Crippen LogP contribution >= 0.6 is 0 Å². The predicted molar refractivity (Wildman–Crippen MR) is 82.2 cm³/mol. The molecule has 1 aromatic rings. The molecule has 0 aliphatic rings. The number of carbonyl (C=O) groups excluding carboxylic acids is 2. The first-order valence-electron chi connectivity index (χ1n) is 7.10. The summed E-state index contributed by atoms with van der Waals surface area (Å²) < 4.78 is 5.17. The lowest BCUT2D eigenvalue weighted by atomic mass is 10.1. The van der Waals surface area contributed by atoms with Gasteiger partial charge in [0.25, 0.3) is 0 Å². The molecule has 0 saturated carbocycles. The number of carbonyl (C=O) groups is 2. The van der Waals surface area contributed by atoms with Gasteiger partial charge >= 0.3 is 0 Å². The molecular formula is C16H24N2O3. The molecule has 0 saturated heterocycles. The lowest BCUT2D eigenvalue weighted by molar-refractivity contribution is -0.134. The summed E-state index contributed by atoms with van der Waals surface area (Å²) in [6, 6.07) is 7.78. The van der Waals surface area contributed by atoms with Crippen molar-refractivity contribution in [3.63, 3.8) is 0 Å². The van der Waals surface area contributed by atoms with Crippen LogP contribution in [-0.2, 0) is 16.0 Å². The van der Waals surface area contributed by atoms with Crippen LogP contribution < -0.4 is 10.1 Å². The Morgan fingerprint density at radius 2 is 2.05 bits per heavy atom. The van der Waals surface area contributed by atoms with E-state index in [0.29, 0.717) is 13.0 Å². The molecule has 5 nitrogen and oxygen atoms in total. The van der Waals surface area contributed by atoms with Crippen molar-refractivity contribution in [2.75, 3.05) is 20.2 Å². The first-order chi connectivity index (χ1) is 9.92. The molecule has 0 aliphatic heterocycles. The Hall–Kier alpha value is -2.04. The van der Waals surface area contributed by atoms with E-state index in [9.17, 15) is 9.59 Å². The molecule has 1 rings (SSSR count). The molecule has 1 N–H and O–H groups in total. The summed E-state index contributed by atoms with van der Waals surface area (Å²) in [6.07, 6.45) is 0.686. The number of hydrogen-bond acceptors (Lipinski definition) is 3. The maximum Gasteiger partial charge on any atom is 0.239 e. The second kappa shape index (κ2) is 8.29. The first kappa shape index (κ1) is 17.0. The Kier molecular flexibility index (Phi) is 6.72. The summed E-state index contributed by atoms with van der Waals surface area (Å²) in [6.45, 7) is 5.87. The number of amides is 2. The lowest BCUT2D eigenvalue weighted by Crippen LogP contribution is -2.42. The van der Waals surface area contributed by atoms with Crippen LogP contribution in [0.25, 0.3) is 0 Å². The molecule has 0 spiro atoms. The second-order valence-corrected chi connectivity index (χ2v) is 5.26. The minimum absolute atomic E-state index is 0.0738. The maximum absolute atomic E-state index is 11.8. The normalized spacial score (nSPS) is 10.3. The summed E-state index contributed by atoms with van der Waals surface area (Å²) in [5.41, 5.74) is 1.07. The molecule has 116 valence electrons. The van der Waals surface area contributed by atoms with Gasteiger partial charge in [-0.3, -0.25) is 9.59 Å². The fourth-order valence-electron chi connectivity index (χ4n) is 1.98. The smallest absolute Gasteiger partial charge is 0.239 e. The molecule has 0 unspecified atom stereocenters. The van der Waals surface area contributed by atoms with E-state index in [1.807, 2.05) is 38.1 Å². The third kappa shape index (κ3) is 6.29. The van der Waals surface area contributed by atoms with Crippen LogP contribution in [0.4, 0.5) is 0 Å². The van der Waals surface area contributed by atoms with E-state index >= 15 is 0 Å². The summed E-state index contributed by atoms with van der Waals surface area (Å²) in [5, 5.41) is 2.79. The lowest BCUT2D eigenvalue weighted by Gasteiger charge is -2.21. The number of methoxy groups -OCH3 is 1. The number of nitrogens with one attached hydrogen (secondary N) is 1. The van der Waals surface area contributed by atoms with Crippen LogP contribution in [0.1, 0.15) is 26.3 Å². The van der Waals surface area contributed by atoms with Crippen molar-refractivity contribution in [2.45, 2.75) is 33.2 Å². The van der Waals surface area contributed by atoms with Gasteiger partial charge in [0.05, 0.1) is 13.7 Å². The average Bonchev–Trinajstić information content (AvgIpc) is 2.42. The highest BCUT2D eigenvalue weighted by molar-refractivity contribution is 5.83. The molecule has 5 heteroatoms. The minimum atomic E-state index is -0.133. The number of ether oxygens (including phenoxy) is 1. The number of nitrogens with zero attached hydrogens (tertiary/aromatic N) is 1. The molecule has 0 aliphatic carbocycles.